The fraction of sp³-hybridized carbons (Fsp3) is 0.105. The van der Waals surface area contributed by atoms with Crippen molar-refractivity contribution in [2.24, 2.45) is 5.10 Å². The average molecular weight is 336 g/mol. The Hall–Kier alpha value is -3.28. The number of aromatic amines is 1. The van der Waals surface area contributed by atoms with Crippen molar-refractivity contribution in [1.82, 2.24) is 15.6 Å². The second-order valence-electron chi connectivity index (χ2n) is 5.72. The zero-order valence-corrected chi connectivity index (χ0v) is 13.9. The topological polar surface area (TPSA) is 70.1 Å². The van der Waals surface area contributed by atoms with Crippen LogP contribution in [0.25, 0.3) is 11.3 Å². The highest BCUT2D eigenvalue weighted by Crippen LogP contribution is 2.20. The molecule has 0 saturated heterocycles. The molecule has 25 heavy (non-hydrogen) atoms. The smallest absolute Gasteiger partial charge is 0.272 e. The molecule has 2 aromatic carbocycles. The number of nitrogens with one attached hydrogen (secondary N) is 2. The molecule has 126 valence electrons. The quantitative estimate of drug-likeness (QED) is 0.564. The van der Waals surface area contributed by atoms with E-state index >= 15 is 0 Å². The maximum atomic E-state index is 12.8. The highest BCUT2D eigenvalue weighted by atomic mass is 19.1. The average Bonchev–Trinajstić information content (AvgIpc) is 3.09. The normalized spacial score (nSPS) is 11.0. The Kier molecular flexibility index (Phi) is 4.70. The minimum atomic E-state index is -0.402. The van der Waals surface area contributed by atoms with Crippen LogP contribution in [-0.2, 0) is 0 Å². The lowest BCUT2D eigenvalue weighted by Gasteiger charge is -2.01. The van der Waals surface area contributed by atoms with Crippen LogP contribution in [0.15, 0.2) is 53.6 Å². The van der Waals surface area contributed by atoms with Gasteiger partial charge >= 0.3 is 0 Å². The number of carbonyl (C=O) groups is 1. The molecule has 2 N–H and O–H groups in total. The van der Waals surface area contributed by atoms with Gasteiger partial charge in [0.15, 0.2) is 0 Å². The van der Waals surface area contributed by atoms with Gasteiger partial charge in [0.2, 0.25) is 0 Å². The van der Waals surface area contributed by atoms with Crippen LogP contribution in [0.2, 0.25) is 0 Å². The van der Waals surface area contributed by atoms with Crippen LogP contribution in [0.1, 0.15) is 27.2 Å². The number of aryl methyl sites for hydroxylation is 2. The standard InChI is InChI=1S/C19H17FN4O/c1-12-3-6-15(9-13(12)2)17-10-18(23-22-17)19(25)24-21-11-14-4-7-16(20)8-5-14/h3-11H,1-2H3,(H,22,23)(H,24,25). The first-order valence-electron chi connectivity index (χ1n) is 7.75. The van der Waals surface area contributed by atoms with Gasteiger partial charge in [0.05, 0.1) is 11.9 Å². The lowest BCUT2D eigenvalue weighted by molar-refractivity contribution is 0.0950. The summed E-state index contributed by atoms with van der Waals surface area (Å²) in [6.45, 7) is 4.07. The summed E-state index contributed by atoms with van der Waals surface area (Å²) >= 11 is 0. The van der Waals surface area contributed by atoms with Crippen LogP contribution in [-0.4, -0.2) is 22.3 Å². The van der Waals surface area contributed by atoms with Crippen molar-refractivity contribution in [3.8, 4) is 11.3 Å². The van der Waals surface area contributed by atoms with Gasteiger partial charge in [0, 0.05) is 5.56 Å². The number of rotatable bonds is 4. The molecule has 0 radical (unpaired) electrons. The predicted octanol–water partition coefficient (Wildman–Crippen LogP) is 3.60. The molecule has 6 heteroatoms. The van der Waals surface area contributed by atoms with Crippen molar-refractivity contribution in [1.29, 1.82) is 0 Å². The molecule has 1 heterocycles. The van der Waals surface area contributed by atoms with E-state index in [2.05, 4.69) is 20.7 Å². The van der Waals surface area contributed by atoms with E-state index in [0.29, 0.717) is 17.0 Å². The highest BCUT2D eigenvalue weighted by molar-refractivity contribution is 5.94. The summed E-state index contributed by atoms with van der Waals surface area (Å²) in [5.41, 5.74) is 7.40. The number of hydrazone groups is 1. The number of H-pyrrole nitrogens is 1. The van der Waals surface area contributed by atoms with Crippen LogP contribution in [0, 0.1) is 19.7 Å². The molecule has 1 amide bonds. The number of benzene rings is 2. The first-order chi connectivity index (χ1) is 12.0. The summed E-state index contributed by atoms with van der Waals surface area (Å²) < 4.78 is 12.8. The van der Waals surface area contributed by atoms with Gasteiger partial charge in [-0.15, -0.1) is 0 Å². The molecule has 1 aromatic heterocycles. The van der Waals surface area contributed by atoms with Crippen molar-refractivity contribution in [3.05, 3.63) is 76.7 Å². The van der Waals surface area contributed by atoms with Crippen LogP contribution >= 0.6 is 0 Å². The minimum Gasteiger partial charge on any atom is -0.272 e. The lowest BCUT2D eigenvalue weighted by Crippen LogP contribution is -2.17. The molecular formula is C19H17FN4O. The Morgan fingerprint density at radius 3 is 2.60 bits per heavy atom. The number of halogens is 1. The number of hydrogen-bond donors (Lipinski definition) is 2. The molecule has 5 nitrogen and oxygen atoms in total. The molecule has 0 fully saturated rings. The van der Waals surface area contributed by atoms with Gasteiger partial charge in [-0.1, -0.05) is 24.3 Å². The molecular weight excluding hydrogens is 319 g/mol. The zero-order chi connectivity index (χ0) is 17.8. The molecule has 0 aliphatic heterocycles. The van der Waals surface area contributed by atoms with Crippen molar-refractivity contribution in [3.63, 3.8) is 0 Å². The van der Waals surface area contributed by atoms with E-state index in [4.69, 9.17) is 0 Å². The van der Waals surface area contributed by atoms with Crippen molar-refractivity contribution >= 4 is 12.1 Å². The summed E-state index contributed by atoms with van der Waals surface area (Å²) in [6, 6.07) is 13.5. The van der Waals surface area contributed by atoms with E-state index in [1.165, 1.54) is 23.9 Å². The fourth-order valence-electron chi connectivity index (χ4n) is 2.26. The van der Waals surface area contributed by atoms with Gasteiger partial charge in [-0.3, -0.25) is 9.89 Å². The third-order valence-electron chi connectivity index (χ3n) is 3.87. The monoisotopic (exact) mass is 336 g/mol. The maximum absolute atomic E-state index is 12.8. The summed E-state index contributed by atoms with van der Waals surface area (Å²) in [6.07, 6.45) is 1.44. The molecule has 0 aliphatic carbocycles. The first kappa shape index (κ1) is 16.6. The Labute approximate surface area is 144 Å². The number of hydrogen-bond acceptors (Lipinski definition) is 3. The van der Waals surface area contributed by atoms with Crippen LogP contribution in [0.3, 0.4) is 0 Å². The Balaban J connectivity index is 1.68. The van der Waals surface area contributed by atoms with E-state index in [1.54, 1.807) is 18.2 Å². The van der Waals surface area contributed by atoms with Gasteiger partial charge in [-0.2, -0.15) is 10.2 Å². The largest absolute Gasteiger partial charge is 0.289 e. The van der Waals surface area contributed by atoms with Crippen LogP contribution < -0.4 is 5.43 Å². The molecule has 0 spiro atoms. The number of amides is 1. The SMILES string of the molecule is Cc1ccc(-c2cc(C(=O)NN=Cc3ccc(F)cc3)[nH]n2)cc1C. The third kappa shape index (κ3) is 3.98. The molecule has 0 bridgehead atoms. The molecule has 0 aliphatic rings. The summed E-state index contributed by atoms with van der Waals surface area (Å²) in [5.74, 6) is -0.724. The highest BCUT2D eigenvalue weighted by Gasteiger charge is 2.10. The molecule has 3 aromatic rings. The third-order valence-corrected chi connectivity index (χ3v) is 3.87. The van der Waals surface area contributed by atoms with Gasteiger partial charge in [-0.25, -0.2) is 9.82 Å². The summed E-state index contributed by atoms with van der Waals surface area (Å²) in [4.78, 5) is 12.1. The Bertz CT molecular complexity index is 929. The molecule has 3 rings (SSSR count). The number of carbonyl (C=O) groups excluding carboxylic acids is 1. The maximum Gasteiger partial charge on any atom is 0.289 e. The molecule has 0 unspecified atom stereocenters. The van der Waals surface area contributed by atoms with Crippen molar-refractivity contribution < 1.29 is 9.18 Å². The summed E-state index contributed by atoms with van der Waals surface area (Å²) in [5, 5.41) is 10.7. The molecule has 0 saturated carbocycles. The van der Waals surface area contributed by atoms with E-state index in [0.717, 1.165) is 11.1 Å². The zero-order valence-electron chi connectivity index (χ0n) is 13.9. The van der Waals surface area contributed by atoms with Crippen LogP contribution in [0.5, 0.6) is 0 Å². The van der Waals surface area contributed by atoms with E-state index in [1.807, 2.05) is 32.0 Å². The second-order valence-corrected chi connectivity index (χ2v) is 5.72. The predicted molar refractivity (Wildman–Crippen MR) is 95.0 cm³/mol. The van der Waals surface area contributed by atoms with Gasteiger partial charge < -0.3 is 0 Å². The van der Waals surface area contributed by atoms with Gasteiger partial charge in [-0.05, 0) is 54.8 Å². The van der Waals surface area contributed by atoms with E-state index < -0.39 is 5.91 Å². The second kappa shape index (κ2) is 7.09. The van der Waals surface area contributed by atoms with Gasteiger partial charge in [0.1, 0.15) is 11.5 Å². The number of aromatic nitrogens is 2. The fourth-order valence-corrected chi connectivity index (χ4v) is 2.26. The molecule has 0 atom stereocenters. The summed E-state index contributed by atoms with van der Waals surface area (Å²) in [7, 11) is 0. The Morgan fingerprint density at radius 2 is 1.88 bits per heavy atom. The van der Waals surface area contributed by atoms with Crippen molar-refractivity contribution in [2.75, 3.05) is 0 Å². The van der Waals surface area contributed by atoms with Crippen molar-refractivity contribution in [2.45, 2.75) is 13.8 Å². The Morgan fingerprint density at radius 1 is 1.12 bits per heavy atom. The van der Waals surface area contributed by atoms with Crippen LogP contribution in [0.4, 0.5) is 4.39 Å². The van der Waals surface area contributed by atoms with E-state index in [9.17, 15) is 9.18 Å². The van der Waals surface area contributed by atoms with E-state index in [-0.39, 0.29) is 5.82 Å². The van der Waals surface area contributed by atoms with Gasteiger partial charge in [0.25, 0.3) is 5.91 Å². The lowest BCUT2D eigenvalue weighted by atomic mass is 10.0. The first-order valence-corrected chi connectivity index (χ1v) is 7.75. The number of nitrogens with zero attached hydrogens (tertiary/aromatic N) is 2. The minimum absolute atomic E-state index is 0.310.